The van der Waals surface area contributed by atoms with Crippen molar-refractivity contribution in [2.75, 3.05) is 7.11 Å². The van der Waals surface area contributed by atoms with E-state index in [-0.39, 0.29) is 6.10 Å². The normalized spacial score (nSPS) is 65.5. The summed E-state index contributed by atoms with van der Waals surface area (Å²) < 4.78 is 6.10. The summed E-state index contributed by atoms with van der Waals surface area (Å²) in [6.07, 6.45) is 10.9. The van der Waals surface area contributed by atoms with Gasteiger partial charge in [-0.05, 0) is 79.4 Å². The van der Waals surface area contributed by atoms with E-state index in [1.807, 2.05) is 7.11 Å². The third-order valence-electron chi connectivity index (χ3n) is 9.54. The Morgan fingerprint density at radius 3 is 2.64 bits per heavy atom. The van der Waals surface area contributed by atoms with Gasteiger partial charge in [-0.2, -0.15) is 0 Å². The Morgan fingerprint density at radius 1 is 1.09 bits per heavy atom. The quantitative estimate of drug-likeness (QED) is 0.793. The highest BCUT2D eigenvalue weighted by Crippen LogP contribution is 2.81. The summed E-state index contributed by atoms with van der Waals surface area (Å²) in [7, 11) is 1.95. The van der Waals surface area contributed by atoms with Crippen molar-refractivity contribution in [3.05, 3.63) is 0 Å². The van der Waals surface area contributed by atoms with Crippen LogP contribution in [0.1, 0.15) is 65.2 Å². The molecule has 1 spiro atoms. The molecule has 5 saturated carbocycles. The van der Waals surface area contributed by atoms with Gasteiger partial charge in [-0.15, -0.1) is 0 Å². The molecule has 5 unspecified atom stereocenters. The minimum atomic E-state index is -0.0663. The Labute approximate surface area is 135 Å². The van der Waals surface area contributed by atoms with Crippen molar-refractivity contribution in [3.8, 4) is 0 Å². The van der Waals surface area contributed by atoms with E-state index in [4.69, 9.17) is 4.74 Å². The maximum Gasteiger partial charge on any atom is 0.0638 e. The maximum atomic E-state index is 11.2. The van der Waals surface area contributed by atoms with Gasteiger partial charge in [-0.25, -0.2) is 0 Å². The molecule has 9 atom stereocenters. The van der Waals surface area contributed by atoms with Crippen LogP contribution in [0.25, 0.3) is 0 Å². The van der Waals surface area contributed by atoms with Crippen LogP contribution in [0.5, 0.6) is 0 Å². The van der Waals surface area contributed by atoms with E-state index in [1.54, 1.807) is 0 Å². The van der Waals surface area contributed by atoms with Gasteiger partial charge in [-0.1, -0.05) is 20.3 Å². The van der Waals surface area contributed by atoms with Crippen LogP contribution in [0.3, 0.4) is 0 Å². The molecule has 5 rings (SSSR count). The van der Waals surface area contributed by atoms with Crippen LogP contribution >= 0.6 is 0 Å². The molecule has 0 aromatic rings. The number of hydrogen-bond acceptors (Lipinski definition) is 2. The Bertz CT molecular complexity index is 504. The van der Waals surface area contributed by atoms with Crippen molar-refractivity contribution in [2.45, 2.75) is 77.4 Å². The van der Waals surface area contributed by atoms with Crippen LogP contribution in [0.4, 0.5) is 0 Å². The fraction of sp³-hybridized carbons (Fsp3) is 1.00. The SMILES string of the molecule is CO[C@@H]1CC2C3CCC[C@@]3(C)C[C@H](O)C2[C@@]2(C)CCC3CC312. The summed E-state index contributed by atoms with van der Waals surface area (Å²) in [6, 6.07) is 0. The molecule has 22 heavy (non-hydrogen) atoms. The maximum absolute atomic E-state index is 11.2. The number of aliphatic hydroxyl groups is 1. The first-order valence-electron chi connectivity index (χ1n) is 9.67. The van der Waals surface area contributed by atoms with Crippen molar-refractivity contribution < 1.29 is 9.84 Å². The second-order valence-corrected chi connectivity index (χ2v) is 9.97. The van der Waals surface area contributed by atoms with E-state index >= 15 is 0 Å². The van der Waals surface area contributed by atoms with E-state index in [0.717, 1.165) is 18.3 Å². The zero-order valence-corrected chi connectivity index (χ0v) is 14.5. The molecule has 0 radical (unpaired) electrons. The van der Waals surface area contributed by atoms with Gasteiger partial charge < -0.3 is 9.84 Å². The molecule has 0 aromatic carbocycles. The summed E-state index contributed by atoms with van der Waals surface area (Å²) in [5.74, 6) is 2.98. The number of aliphatic hydroxyl groups excluding tert-OH is 1. The number of fused-ring (bicyclic) bond motifs is 4. The fourth-order valence-electron chi connectivity index (χ4n) is 8.71. The zero-order valence-electron chi connectivity index (χ0n) is 14.5. The highest BCUT2D eigenvalue weighted by molar-refractivity contribution is 5.26. The molecule has 5 aliphatic carbocycles. The average molecular weight is 304 g/mol. The Morgan fingerprint density at radius 2 is 1.91 bits per heavy atom. The molecule has 124 valence electrons. The highest BCUT2D eigenvalue weighted by atomic mass is 16.5. The molecule has 0 aromatic heterocycles. The summed E-state index contributed by atoms with van der Waals surface area (Å²) in [5, 5.41) is 11.2. The molecule has 5 aliphatic rings. The van der Waals surface area contributed by atoms with Gasteiger partial charge in [0.15, 0.2) is 0 Å². The summed E-state index contributed by atoms with van der Waals surface area (Å²) >= 11 is 0. The summed E-state index contributed by atoms with van der Waals surface area (Å²) in [5.41, 5.74) is 1.17. The molecule has 1 N–H and O–H groups in total. The van der Waals surface area contributed by atoms with Crippen LogP contribution in [-0.4, -0.2) is 24.4 Å². The third-order valence-corrected chi connectivity index (χ3v) is 9.54. The summed E-state index contributed by atoms with van der Waals surface area (Å²) in [4.78, 5) is 0. The van der Waals surface area contributed by atoms with Crippen molar-refractivity contribution in [1.82, 2.24) is 0 Å². The number of methoxy groups -OCH3 is 1. The van der Waals surface area contributed by atoms with Crippen LogP contribution in [-0.2, 0) is 4.74 Å². The van der Waals surface area contributed by atoms with Gasteiger partial charge in [0.25, 0.3) is 0 Å². The summed E-state index contributed by atoms with van der Waals surface area (Å²) in [6.45, 7) is 5.00. The minimum absolute atomic E-state index is 0.0663. The van der Waals surface area contributed by atoms with Gasteiger partial charge in [0.1, 0.15) is 0 Å². The average Bonchev–Trinajstić information content (AvgIpc) is 2.95. The van der Waals surface area contributed by atoms with Crippen LogP contribution in [0.2, 0.25) is 0 Å². The molecule has 0 saturated heterocycles. The van der Waals surface area contributed by atoms with E-state index in [0.29, 0.717) is 34.2 Å². The Hall–Kier alpha value is -0.0800. The molecular formula is C20H32O2. The second-order valence-electron chi connectivity index (χ2n) is 9.97. The van der Waals surface area contributed by atoms with Crippen LogP contribution < -0.4 is 0 Å². The van der Waals surface area contributed by atoms with Crippen LogP contribution in [0, 0.1) is 39.9 Å². The lowest BCUT2D eigenvalue weighted by atomic mass is 9.45. The second kappa shape index (κ2) is 4.11. The standard InChI is InChI=1S/C20H32O2/c1-18-7-4-5-14(18)13-9-16(22-3)20-10-12(20)6-8-19(20,2)17(13)15(21)11-18/h12-17,21H,4-11H2,1-3H3/t12?,13?,14?,15-,16+,17?,18-,19+,20?/m0/s1. The lowest BCUT2D eigenvalue weighted by molar-refractivity contribution is -0.194. The molecule has 0 heterocycles. The van der Waals surface area contributed by atoms with Gasteiger partial charge in [-0.3, -0.25) is 0 Å². The van der Waals surface area contributed by atoms with E-state index in [2.05, 4.69) is 13.8 Å². The molecular weight excluding hydrogens is 272 g/mol. The molecule has 2 heteroatoms. The molecule has 0 aliphatic heterocycles. The molecule has 0 amide bonds. The highest BCUT2D eigenvalue weighted by Gasteiger charge is 2.78. The Balaban J connectivity index is 1.60. The van der Waals surface area contributed by atoms with Crippen molar-refractivity contribution in [3.63, 3.8) is 0 Å². The predicted octanol–water partition coefficient (Wildman–Crippen LogP) is 4.01. The van der Waals surface area contributed by atoms with Crippen LogP contribution in [0.15, 0.2) is 0 Å². The van der Waals surface area contributed by atoms with E-state index in [1.165, 1.54) is 44.9 Å². The van der Waals surface area contributed by atoms with Gasteiger partial charge >= 0.3 is 0 Å². The molecule has 2 nitrogen and oxygen atoms in total. The number of rotatable bonds is 1. The topological polar surface area (TPSA) is 29.5 Å². The fourth-order valence-corrected chi connectivity index (χ4v) is 8.71. The molecule has 5 fully saturated rings. The molecule has 0 bridgehead atoms. The van der Waals surface area contributed by atoms with Crippen molar-refractivity contribution in [1.29, 1.82) is 0 Å². The first-order chi connectivity index (χ1) is 10.5. The van der Waals surface area contributed by atoms with Gasteiger partial charge in [0.05, 0.1) is 12.2 Å². The predicted molar refractivity (Wildman–Crippen MR) is 86.3 cm³/mol. The lowest BCUT2D eigenvalue weighted by Gasteiger charge is -2.61. The Kier molecular flexibility index (Phi) is 2.67. The largest absolute Gasteiger partial charge is 0.393 e. The smallest absolute Gasteiger partial charge is 0.0638 e. The van der Waals surface area contributed by atoms with Gasteiger partial charge in [0.2, 0.25) is 0 Å². The third kappa shape index (κ3) is 1.38. The number of hydrogen-bond donors (Lipinski definition) is 1. The first kappa shape index (κ1) is 14.3. The van der Waals surface area contributed by atoms with Crippen molar-refractivity contribution >= 4 is 0 Å². The van der Waals surface area contributed by atoms with E-state index in [9.17, 15) is 5.11 Å². The van der Waals surface area contributed by atoms with Gasteiger partial charge in [0, 0.05) is 12.5 Å². The van der Waals surface area contributed by atoms with E-state index < -0.39 is 0 Å². The monoisotopic (exact) mass is 304 g/mol. The first-order valence-corrected chi connectivity index (χ1v) is 9.67. The minimum Gasteiger partial charge on any atom is -0.393 e. The number of ether oxygens (including phenoxy) is 1. The zero-order chi connectivity index (χ0) is 15.3. The lowest BCUT2D eigenvalue weighted by Crippen LogP contribution is -2.60. The van der Waals surface area contributed by atoms with Crippen molar-refractivity contribution in [2.24, 2.45) is 39.9 Å².